The zero-order valence-corrected chi connectivity index (χ0v) is 9.96. The minimum atomic E-state index is 0.126. The summed E-state index contributed by atoms with van der Waals surface area (Å²) in [7, 11) is 0. The lowest BCUT2D eigenvalue weighted by atomic mass is 9.98. The third kappa shape index (κ3) is 4.65. The number of rotatable bonds is 5. The second-order valence-electron chi connectivity index (χ2n) is 4.99. The molecule has 0 aliphatic heterocycles. The average molecular weight is 212 g/mol. The Hall–Kier alpha value is -0.570. The second-order valence-corrected chi connectivity index (χ2v) is 4.99. The van der Waals surface area contributed by atoms with Crippen LogP contribution in [0.3, 0.4) is 0 Å². The molecule has 1 rings (SSSR count). The molecule has 0 aromatic heterocycles. The lowest BCUT2D eigenvalue weighted by molar-refractivity contribution is -0.121. The van der Waals surface area contributed by atoms with E-state index in [0.29, 0.717) is 12.3 Å². The molecule has 0 aromatic carbocycles. The van der Waals surface area contributed by atoms with Crippen LogP contribution in [0.2, 0.25) is 0 Å². The third-order valence-corrected chi connectivity index (χ3v) is 3.43. The van der Waals surface area contributed by atoms with Crippen molar-refractivity contribution in [1.29, 1.82) is 0 Å². The smallest absolute Gasteiger partial charge is 0.220 e. The van der Waals surface area contributed by atoms with Gasteiger partial charge in [0.25, 0.3) is 0 Å². The number of carbonyl (C=O) groups excluding carboxylic acids is 1. The minimum Gasteiger partial charge on any atom is -0.356 e. The van der Waals surface area contributed by atoms with Crippen molar-refractivity contribution >= 4 is 5.91 Å². The Kier molecular flexibility index (Phi) is 5.09. The number of nitrogens with one attached hydrogen (secondary N) is 1. The van der Waals surface area contributed by atoms with E-state index >= 15 is 0 Å². The lowest BCUT2D eigenvalue weighted by Crippen LogP contribution is -2.31. The SMILES string of the molecule is CC(N)CCC(=O)NCC1CCCC1C. The highest BCUT2D eigenvalue weighted by atomic mass is 16.1. The first-order valence-electron chi connectivity index (χ1n) is 6.12. The molecule has 0 spiro atoms. The predicted octanol–water partition coefficient (Wildman–Crippen LogP) is 1.67. The van der Waals surface area contributed by atoms with Crippen LogP contribution in [0.5, 0.6) is 0 Å². The van der Waals surface area contributed by atoms with Gasteiger partial charge in [0, 0.05) is 19.0 Å². The second kappa shape index (κ2) is 6.11. The molecule has 0 radical (unpaired) electrons. The molecule has 15 heavy (non-hydrogen) atoms. The van der Waals surface area contributed by atoms with Gasteiger partial charge in [0.15, 0.2) is 0 Å². The number of amides is 1. The highest BCUT2D eigenvalue weighted by Crippen LogP contribution is 2.30. The first-order chi connectivity index (χ1) is 7.09. The molecule has 3 heteroatoms. The number of nitrogens with two attached hydrogens (primary N) is 1. The van der Waals surface area contributed by atoms with Gasteiger partial charge in [0.1, 0.15) is 0 Å². The van der Waals surface area contributed by atoms with Crippen molar-refractivity contribution in [3.63, 3.8) is 0 Å². The summed E-state index contributed by atoms with van der Waals surface area (Å²) in [5, 5.41) is 3.02. The molecule has 3 unspecified atom stereocenters. The summed E-state index contributed by atoms with van der Waals surface area (Å²) >= 11 is 0. The van der Waals surface area contributed by atoms with Crippen LogP contribution >= 0.6 is 0 Å². The van der Waals surface area contributed by atoms with Gasteiger partial charge in [0.2, 0.25) is 5.91 Å². The third-order valence-electron chi connectivity index (χ3n) is 3.43. The molecule has 1 saturated carbocycles. The molecule has 0 aromatic rings. The Bertz CT molecular complexity index is 204. The summed E-state index contributed by atoms with van der Waals surface area (Å²) in [6.45, 7) is 5.08. The average Bonchev–Trinajstić information content (AvgIpc) is 2.58. The molecule has 1 amide bonds. The lowest BCUT2D eigenvalue weighted by Gasteiger charge is -2.16. The molecule has 1 fully saturated rings. The van der Waals surface area contributed by atoms with Crippen molar-refractivity contribution in [1.82, 2.24) is 5.32 Å². The van der Waals surface area contributed by atoms with E-state index in [1.165, 1.54) is 19.3 Å². The predicted molar refractivity (Wildman–Crippen MR) is 62.4 cm³/mol. The molecule has 0 saturated heterocycles. The Balaban J connectivity index is 2.11. The molecule has 1 aliphatic carbocycles. The summed E-state index contributed by atoms with van der Waals surface area (Å²) in [4.78, 5) is 11.4. The fourth-order valence-electron chi connectivity index (χ4n) is 2.22. The van der Waals surface area contributed by atoms with E-state index in [2.05, 4.69) is 12.2 Å². The van der Waals surface area contributed by atoms with Gasteiger partial charge in [-0.1, -0.05) is 19.8 Å². The van der Waals surface area contributed by atoms with Gasteiger partial charge < -0.3 is 11.1 Å². The molecular weight excluding hydrogens is 188 g/mol. The zero-order valence-electron chi connectivity index (χ0n) is 9.96. The van der Waals surface area contributed by atoms with Crippen molar-refractivity contribution in [2.24, 2.45) is 17.6 Å². The van der Waals surface area contributed by atoms with Gasteiger partial charge in [-0.3, -0.25) is 4.79 Å². The highest BCUT2D eigenvalue weighted by molar-refractivity contribution is 5.75. The van der Waals surface area contributed by atoms with Crippen LogP contribution in [0.1, 0.15) is 46.0 Å². The Morgan fingerprint density at radius 3 is 2.80 bits per heavy atom. The number of hydrogen-bond donors (Lipinski definition) is 2. The van der Waals surface area contributed by atoms with Crippen molar-refractivity contribution < 1.29 is 4.79 Å². The van der Waals surface area contributed by atoms with Crippen molar-refractivity contribution in [3.05, 3.63) is 0 Å². The van der Waals surface area contributed by atoms with Crippen LogP contribution in [0.25, 0.3) is 0 Å². The van der Waals surface area contributed by atoms with Crippen molar-refractivity contribution in [2.45, 2.75) is 52.0 Å². The standard InChI is InChI=1S/C12H24N2O/c1-9-4-3-5-11(9)8-14-12(15)7-6-10(2)13/h9-11H,3-8,13H2,1-2H3,(H,14,15). The topological polar surface area (TPSA) is 55.1 Å². The first kappa shape index (κ1) is 12.5. The van der Waals surface area contributed by atoms with Gasteiger partial charge in [-0.25, -0.2) is 0 Å². The van der Waals surface area contributed by atoms with E-state index in [1.54, 1.807) is 0 Å². The molecule has 3 nitrogen and oxygen atoms in total. The maximum Gasteiger partial charge on any atom is 0.220 e. The first-order valence-corrected chi connectivity index (χ1v) is 6.12. The van der Waals surface area contributed by atoms with E-state index in [-0.39, 0.29) is 11.9 Å². The van der Waals surface area contributed by atoms with Crippen LogP contribution in [-0.2, 0) is 4.79 Å². The van der Waals surface area contributed by atoms with E-state index in [4.69, 9.17) is 5.73 Å². The largest absolute Gasteiger partial charge is 0.356 e. The van der Waals surface area contributed by atoms with Gasteiger partial charge in [-0.05, 0) is 31.6 Å². The van der Waals surface area contributed by atoms with E-state index in [1.807, 2.05) is 6.92 Å². The summed E-state index contributed by atoms with van der Waals surface area (Å²) < 4.78 is 0. The summed E-state index contributed by atoms with van der Waals surface area (Å²) in [5.41, 5.74) is 5.60. The maximum absolute atomic E-state index is 11.4. The van der Waals surface area contributed by atoms with Crippen LogP contribution in [-0.4, -0.2) is 18.5 Å². The Morgan fingerprint density at radius 2 is 2.27 bits per heavy atom. The molecule has 88 valence electrons. The van der Waals surface area contributed by atoms with Crippen LogP contribution < -0.4 is 11.1 Å². The van der Waals surface area contributed by atoms with Crippen molar-refractivity contribution in [2.75, 3.05) is 6.54 Å². The molecule has 3 N–H and O–H groups in total. The van der Waals surface area contributed by atoms with Crippen LogP contribution in [0.4, 0.5) is 0 Å². The number of hydrogen-bond acceptors (Lipinski definition) is 2. The fraction of sp³-hybridized carbons (Fsp3) is 0.917. The Morgan fingerprint density at radius 1 is 1.53 bits per heavy atom. The van der Waals surface area contributed by atoms with E-state index in [0.717, 1.165) is 18.9 Å². The van der Waals surface area contributed by atoms with Gasteiger partial charge in [-0.2, -0.15) is 0 Å². The molecule has 1 aliphatic rings. The maximum atomic E-state index is 11.4. The summed E-state index contributed by atoms with van der Waals surface area (Å²) in [5.74, 6) is 1.63. The number of carbonyl (C=O) groups is 1. The van der Waals surface area contributed by atoms with Crippen LogP contribution in [0, 0.1) is 11.8 Å². The molecule has 0 bridgehead atoms. The fourth-order valence-corrected chi connectivity index (χ4v) is 2.22. The minimum absolute atomic E-state index is 0.126. The van der Waals surface area contributed by atoms with E-state index in [9.17, 15) is 4.79 Å². The monoisotopic (exact) mass is 212 g/mol. The zero-order chi connectivity index (χ0) is 11.3. The molecule has 0 heterocycles. The highest BCUT2D eigenvalue weighted by Gasteiger charge is 2.23. The van der Waals surface area contributed by atoms with Crippen molar-refractivity contribution in [3.8, 4) is 0 Å². The quantitative estimate of drug-likeness (QED) is 0.728. The van der Waals surface area contributed by atoms with Gasteiger partial charge in [0.05, 0.1) is 0 Å². The normalized spacial score (nSPS) is 27.7. The van der Waals surface area contributed by atoms with Crippen LogP contribution in [0.15, 0.2) is 0 Å². The summed E-state index contributed by atoms with van der Waals surface area (Å²) in [6.07, 6.45) is 5.27. The molecule has 3 atom stereocenters. The Labute approximate surface area is 92.8 Å². The molecular formula is C12H24N2O. The van der Waals surface area contributed by atoms with Gasteiger partial charge in [-0.15, -0.1) is 0 Å². The summed E-state index contributed by atoms with van der Waals surface area (Å²) in [6, 6.07) is 0.126. The van der Waals surface area contributed by atoms with Gasteiger partial charge >= 0.3 is 0 Å². The van der Waals surface area contributed by atoms with E-state index < -0.39 is 0 Å².